The van der Waals surface area contributed by atoms with Crippen molar-refractivity contribution < 1.29 is 4.79 Å². The molecule has 0 bridgehead atoms. The number of piperidine rings is 1. The van der Waals surface area contributed by atoms with E-state index in [0.29, 0.717) is 17.9 Å². The average Bonchev–Trinajstić information content (AvgIpc) is 2.20. The molecule has 0 radical (unpaired) electrons. The number of hydrogen-bond donors (Lipinski definition) is 1. The standard InChI is InChI=1S/C13H26N2O/c1-9(2)8-12(14)13(16)15-7-5-6-10(3)11(15)4/h9-12H,5-8,14H2,1-4H3. The minimum atomic E-state index is -0.312. The van der Waals surface area contributed by atoms with E-state index in [1.165, 1.54) is 6.42 Å². The van der Waals surface area contributed by atoms with Crippen LogP contribution in [0, 0.1) is 11.8 Å². The van der Waals surface area contributed by atoms with Crippen LogP contribution in [0.3, 0.4) is 0 Å². The summed E-state index contributed by atoms with van der Waals surface area (Å²) in [6.45, 7) is 9.46. The average molecular weight is 226 g/mol. The van der Waals surface area contributed by atoms with Crippen molar-refractivity contribution in [2.24, 2.45) is 17.6 Å². The molecule has 1 rings (SSSR count). The molecule has 0 aromatic carbocycles. The molecule has 0 spiro atoms. The van der Waals surface area contributed by atoms with Crippen LogP contribution in [0.15, 0.2) is 0 Å². The highest BCUT2D eigenvalue weighted by Crippen LogP contribution is 2.23. The second kappa shape index (κ2) is 5.67. The van der Waals surface area contributed by atoms with Crippen molar-refractivity contribution in [1.82, 2.24) is 4.90 Å². The zero-order chi connectivity index (χ0) is 12.3. The van der Waals surface area contributed by atoms with Gasteiger partial charge in [0.1, 0.15) is 0 Å². The van der Waals surface area contributed by atoms with Crippen LogP contribution in [-0.4, -0.2) is 29.4 Å². The molecule has 1 aliphatic rings. The number of hydrogen-bond acceptors (Lipinski definition) is 2. The van der Waals surface area contributed by atoms with Crippen LogP contribution in [0.5, 0.6) is 0 Å². The summed E-state index contributed by atoms with van der Waals surface area (Å²) >= 11 is 0. The molecule has 0 aromatic rings. The third-order valence-electron chi connectivity index (χ3n) is 3.70. The lowest BCUT2D eigenvalue weighted by Crippen LogP contribution is -2.52. The van der Waals surface area contributed by atoms with E-state index in [2.05, 4.69) is 27.7 Å². The Bertz CT molecular complexity index is 240. The maximum Gasteiger partial charge on any atom is 0.239 e. The molecule has 16 heavy (non-hydrogen) atoms. The first-order valence-electron chi connectivity index (χ1n) is 6.49. The first kappa shape index (κ1) is 13.5. The summed E-state index contributed by atoms with van der Waals surface area (Å²) in [4.78, 5) is 14.2. The largest absolute Gasteiger partial charge is 0.338 e. The van der Waals surface area contributed by atoms with E-state index in [-0.39, 0.29) is 11.9 Å². The normalized spacial score (nSPS) is 28.2. The molecule has 3 unspecified atom stereocenters. The molecule has 1 amide bonds. The van der Waals surface area contributed by atoms with Gasteiger partial charge in [-0.1, -0.05) is 20.8 Å². The molecule has 1 heterocycles. The van der Waals surface area contributed by atoms with Gasteiger partial charge in [0, 0.05) is 12.6 Å². The molecular formula is C13H26N2O. The number of nitrogens with zero attached hydrogens (tertiary/aromatic N) is 1. The van der Waals surface area contributed by atoms with E-state index in [1.807, 2.05) is 4.90 Å². The monoisotopic (exact) mass is 226 g/mol. The number of likely N-dealkylation sites (tertiary alicyclic amines) is 1. The van der Waals surface area contributed by atoms with Crippen LogP contribution in [0.1, 0.15) is 47.0 Å². The van der Waals surface area contributed by atoms with Crippen molar-refractivity contribution in [3.63, 3.8) is 0 Å². The van der Waals surface area contributed by atoms with Crippen LogP contribution >= 0.6 is 0 Å². The lowest BCUT2D eigenvalue weighted by Gasteiger charge is -2.39. The van der Waals surface area contributed by atoms with Crippen molar-refractivity contribution in [2.75, 3.05) is 6.54 Å². The summed E-state index contributed by atoms with van der Waals surface area (Å²) in [6.07, 6.45) is 3.13. The molecule has 94 valence electrons. The molecule has 0 aromatic heterocycles. The predicted molar refractivity (Wildman–Crippen MR) is 67.0 cm³/mol. The maximum atomic E-state index is 12.2. The van der Waals surface area contributed by atoms with Gasteiger partial charge in [-0.15, -0.1) is 0 Å². The minimum Gasteiger partial charge on any atom is -0.338 e. The van der Waals surface area contributed by atoms with E-state index in [1.54, 1.807) is 0 Å². The highest BCUT2D eigenvalue weighted by atomic mass is 16.2. The van der Waals surface area contributed by atoms with Gasteiger partial charge in [0.25, 0.3) is 0 Å². The van der Waals surface area contributed by atoms with E-state index in [4.69, 9.17) is 5.73 Å². The Balaban J connectivity index is 2.58. The molecule has 3 atom stereocenters. The fourth-order valence-corrected chi connectivity index (χ4v) is 2.47. The van der Waals surface area contributed by atoms with Gasteiger partial charge in [0.15, 0.2) is 0 Å². The van der Waals surface area contributed by atoms with Gasteiger partial charge in [0.2, 0.25) is 5.91 Å². The Labute approximate surface area is 99.4 Å². The van der Waals surface area contributed by atoms with Crippen LogP contribution < -0.4 is 5.73 Å². The van der Waals surface area contributed by atoms with Gasteiger partial charge >= 0.3 is 0 Å². The van der Waals surface area contributed by atoms with Crippen molar-refractivity contribution in [1.29, 1.82) is 0 Å². The predicted octanol–water partition coefficient (Wildman–Crippen LogP) is 2.01. The highest BCUT2D eigenvalue weighted by Gasteiger charge is 2.31. The highest BCUT2D eigenvalue weighted by molar-refractivity contribution is 5.82. The molecule has 3 heteroatoms. The number of carbonyl (C=O) groups is 1. The van der Waals surface area contributed by atoms with Gasteiger partial charge in [-0.05, 0) is 38.0 Å². The molecule has 0 aliphatic carbocycles. The van der Waals surface area contributed by atoms with Gasteiger partial charge in [-0.25, -0.2) is 0 Å². The van der Waals surface area contributed by atoms with Gasteiger partial charge in [-0.2, -0.15) is 0 Å². The summed E-state index contributed by atoms with van der Waals surface area (Å²) in [7, 11) is 0. The number of rotatable bonds is 3. The quantitative estimate of drug-likeness (QED) is 0.800. The van der Waals surface area contributed by atoms with Crippen LogP contribution in [0.25, 0.3) is 0 Å². The molecular weight excluding hydrogens is 200 g/mol. The van der Waals surface area contributed by atoms with E-state index in [0.717, 1.165) is 19.4 Å². The number of nitrogens with two attached hydrogens (primary N) is 1. The zero-order valence-corrected chi connectivity index (χ0v) is 11.1. The topological polar surface area (TPSA) is 46.3 Å². The van der Waals surface area contributed by atoms with E-state index < -0.39 is 0 Å². The van der Waals surface area contributed by atoms with Gasteiger partial charge < -0.3 is 10.6 Å². The lowest BCUT2D eigenvalue weighted by atomic mass is 9.91. The molecule has 0 saturated carbocycles. The minimum absolute atomic E-state index is 0.146. The molecule has 3 nitrogen and oxygen atoms in total. The van der Waals surface area contributed by atoms with Crippen LogP contribution in [0.2, 0.25) is 0 Å². The lowest BCUT2D eigenvalue weighted by molar-refractivity contribution is -0.137. The van der Waals surface area contributed by atoms with Crippen molar-refractivity contribution in [3.05, 3.63) is 0 Å². The summed E-state index contributed by atoms with van der Waals surface area (Å²) in [5.41, 5.74) is 5.97. The first-order valence-corrected chi connectivity index (χ1v) is 6.49. The van der Waals surface area contributed by atoms with Gasteiger partial charge in [0.05, 0.1) is 6.04 Å². The number of amides is 1. The van der Waals surface area contributed by atoms with Crippen LogP contribution in [0.4, 0.5) is 0 Å². The summed E-state index contributed by atoms with van der Waals surface area (Å²) in [6, 6.07) is 0.0345. The fraction of sp³-hybridized carbons (Fsp3) is 0.923. The van der Waals surface area contributed by atoms with Crippen molar-refractivity contribution >= 4 is 5.91 Å². The first-order chi connectivity index (χ1) is 7.43. The number of carbonyl (C=O) groups excluding carboxylic acids is 1. The Morgan fingerprint density at radius 3 is 2.62 bits per heavy atom. The summed E-state index contributed by atoms with van der Waals surface area (Å²) in [5, 5.41) is 0. The summed E-state index contributed by atoms with van der Waals surface area (Å²) < 4.78 is 0. The molecule has 1 fully saturated rings. The van der Waals surface area contributed by atoms with Crippen molar-refractivity contribution in [3.8, 4) is 0 Å². The summed E-state index contributed by atoms with van der Waals surface area (Å²) in [5.74, 6) is 1.23. The fourth-order valence-electron chi connectivity index (χ4n) is 2.47. The Morgan fingerprint density at radius 2 is 2.06 bits per heavy atom. The van der Waals surface area contributed by atoms with E-state index in [9.17, 15) is 4.79 Å². The Morgan fingerprint density at radius 1 is 1.44 bits per heavy atom. The molecule has 2 N–H and O–H groups in total. The van der Waals surface area contributed by atoms with Crippen molar-refractivity contribution in [2.45, 2.75) is 59.0 Å². The Kier molecular flexibility index (Phi) is 4.78. The zero-order valence-electron chi connectivity index (χ0n) is 11.1. The smallest absolute Gasteiger partial charge is 0.239 e. The SMILES string of the molecule is CC(C)CC(N)C(=O)N1CCCC(C)C1C. The van der Waals surface area contributed by atoms with Crippen LogP contribution in [-0.2, 0) is 4.79 Å². The molecule has 1 aliphatic heterocycles. The third kappa shape index (κ3) is 3.21. The maximum absolute atomic E-state index is 12.2. The molecule has 1 saturated heterocycles. The third-order valence-corrected chi connectivity index (χ3v) is 3.70. The Hall–Kier alpha value is -0.570. The van der Waals surface area contributed by atoms with Gasteiger partial charge in [-0.3, -0.25) is 4.79 Å². The second-order valence-electron chi connectivity index (χ2n) is 5.63. The van der Waals surface area contributed by atoms with E-state index >= 15 is 0 Å². The second-order valence-corrected chi connectivity index (χ2v) is 5.63.